The van der Waals surface area contributed by atoms with Crippen LogP contribution < -0.4 is 9.47 Å². The summed E-state index contributed by atoms with van der Waals surface area (Å²) in [5, 5.41) is 11.4. The van der Waals surface area contributed by atoms with E-state index in [4.69, 9.17) is 9.47 Å². The largest absolute Gasteiger partial charge is 0.507 e. The summed E-state index contributed by atoms with van der Waals surface area (Å²) in [7, 11) is 3.92. The number of hydrogen-bond donors (Lipinski definition) is 1. The summed E-state index contributed by atoms with van der Waals surface area (Å²) in [5.74, 6) is 0.288. The molecular weight excluding hydrogens is 480 g/mol. The molecule has 1 N–H and O–H groups in total. The van der Waals surface area contributed by atoms with Gasteiger partial charge in [0.05, 0.1) is 18.2 Å². The highest BCUT2D eigenvalue weighted by Crippen LogP contribution is 2.41. The van der Waals surface area contributed by atoms with Gasteiger partial charge in [-0.15, -0.1) is 0 Å². The number of nitrogens with zero attached hydrogens (tertiary/aromatic N) is 2. The van der Waals surface area contributed by atoms with Crippen molar-refractivity contribution >= 4 is 17.4 Å². The number of ether oxygens (including phenoxy) is 2. The fourth-order valence-electron chi connectivity index (χ4n) is 4.50. The van der Waals surface area contributed by atoms with Crippen molar-refractivity contribution < 1.29 is 24.2 Å². The summed E-state index contributed by atoms with van der Waals surface area (Å²) in [6.07, 6.45) is 1.52. The Labute approximate surface area is 223 Å². The molecule has 3 aromatic rings. The summed E-state index contributed by atoms with van der Waals surface area (Å²) < 4.78 is 11.7. The Balaban J connectivity index is 1.76. The minimum absolute atomic E-state index is 0.0596. The van der Waals surface area contributed by atoms with Gasteiger partial charge >= 0.3 is 0 Å². The summed E-state index contributed by atoms with van der Waals surface area (Å²) in [6, 6.07) is 22.9. The lowest BCUT2D eigenvalue weighted by atomic mass is 9.95. The van der Waals surface area contributed by atoms with E-state index in [1.54, 1.807) is 29.2 Å². The van der Waals surface area contributed by atoms with Crippen molar-refractivity contribution in [1.29, 1.82) is 0 Å². The molecule has 1 unspecified atom stereocenters. The van der Waals surface area contributed by atoms with E-state index in [1.807, 2.05) is 80.5 Å². The Morgan fingerprint density at radius 1 is 0.921 bits per heavy atom. The first kappa shape index (κ1) is 26.9. The second kappa shape index (κ2) is 12.4. The highest BCUT2D eigenvalue weighted by atomic mass is 16.5. The number of Topliss-reactive ketones (excluding diaryl/α,β-unsaturated/α-hetero) is 1. The van der Waals surface area contributed by atoms with Crippen LogP contribution in [0.1, 0.15) is 36.9 Å². The van der Waals surface area contributed by atoms with Crippen molar-refractivity contribution in [2.45, 2.75) is 25.8 Å². The molecule has 1 fully saturated rings. The van der Waals surface area contributed by atoms with E-state index >= 15 is 0 Å². The number of aliphatic hydroxyl groups is 1. The molecule has 1 aliphatic rings. The molecule has 0 spiro atoms. The maximum atomic E-state index is 13.4. The van der Waals surface area contributed by atoms with Crippen LogP contribution in [-0.2, 0) is 9.59 Å². The number of ketones is 1. The van der Waals surface area contributed by atoms with Crippen molar-refractivity contribution in [3.63, 3.8) is 0 Å². The average Bonchev–Trinajstić information content (AvgIpc) is 3.17. The quantitative estimate of drug-likeness (QED) is 0.203. The number of rotatable bonds is 11. The maximum absolute atomic E-state index is 13.4. The topological polar surface area (TPSA) is 79.3 Å². The fourth-order valence-corrected chi connectivity index (χ4v) is 4.50. The van der Waals surface area contributed by atoms with Crippen molar-refractivity contribution in [3.05, 3.63) is 95.6 Å². The third-order valence-electron chi connectivity index (χ3n) is 6.28. The molecule has 0 aromatic heterocycles. The van der Waals surface area contributed by atoms with Gasteiger partial charge in [0.1, 0.15) is 23.0 Å². The van der Waals surface area contributed by atoms with E-state index in [0.717, 1.165) is 13.0 Å². The zero-order valence-electron chi connectivity index (χ0n) is 22.1. The molecule has 1 amide bonds. The van der Waals surface area contributed by atoms with Crippen LogP contribution in [0.2, 0.25) is 0 Å². The van der Waals surface area contributed by atoms with E-state index in [0.29, 0.717) is 47.9 Å². The van der Waals surface area contributed by atoms with Gasteiger partial charge in [-0.2, -0.15) is 0 Å². The third-order valence-corrected chi connectivity index (χ3v) is 6.28. The normalized spacial score (nSPS) is 16.7. The Hall–Kier alpha value is -4.10. The first-order valence-corrected chi connectivity index (χ1v) is 12.9. The molecule has 3 aromatic carbocycles. The van der Waals surface area contributed by atoms with Gasteiger partial charge in [0.25, 0.3) is 11.7 Å². The van der Waals surface area contributed by atoms with E-state index < -0.39 is 17.7 Å². The number of carbonyl (C=O) groups excluding carboxylic acids is 2. The van der Waals surface area contributed by atoms with Gasteiger partial charge < -0.3 is 24.4 Å². The van der Waals surface area contributed by atoms with Gasteiger partial charge in [-0.1, -0.05) is 49.4 Å². The SMILES string of the molecule is CCCOc1cccc(/C(O)=C2\C(=O)C(=O)N(CCCN(C)C)C2c2cccc(Oc3ccccc3)c2)c1. The lowest BCUT2D eigenvalue weighted by molar-refractivity contribution is -0.139. The van der Waals surface area contributed by atoms with Crippen molar-refractivity contribution in [2.24, 2.45) is 0 Å². The highest BCUT2D eigenvalue weighted by molar-refractivity contribution is 6.46. The van der Waals surface area contributed by atoms with E-state index in [-0.39, 0.29) is 11.3 Å². The van der Waals surface area contributed by atoms with Gasteiger partial charge in [0, 0.05) is 12.1 Å². The number of carbonyl (C=O) groups is 2. The molecule has 4 rings (SSSR count). The number of hydrogen-bond acceptors (Lipinski definition) is 6. The van der Waals surface area contributed by atoms with Gasteiger partial charge in [0.2, 0.25) is 0 Å². The zero-order valence-corrected chi connectivity index (χ0v) is 22.1. The number of amides is 1. The fraction of sp³-hybridized carbons (Fsp3) is 0.290. The molecule has 0 bridgehead atoms. The molecule has 0 saturated carbocycles. The molecule has 38 heavy (non-hydrogen) atoms. The molecule has 198 valence electrons. The van der Waals surface area contributed by atoms with Gasteiger partial charge in [-0.25, -0.2) is 0 Å². The Morgan fingerprint density at radius 3 is 2.37 bits per heavy atom. The summed E-state index contributed by atoms with van der Waals surface area (Å²) >= 11 is 0. The summed E-state index contributed by atoms with van der Waals surface area (Å²) in [4.78, 5) is 30.2. The van der Waals surface area contributed by atoms with Crippen LogP contribution in [-0.4, -0.2) is 60.4 Å². The van der Waals surface area contributed by atoms with Crippen LogP contribution in [0.5, 0.6) is 17.2 Å². The first-order valence-electron chi connectivity index (χ1n) is 12.9. The smallest absolute Gasteiger partial charge is 0.295 e. The first-order chi connectivity index (χ1) is 18.4. The number of aliphatic hydroxyl groups excluding tert-OH is 1. The Bertz CT molecular complexity index is 1300. The van der Waals surface area contributed by atoms with E-state index in [2.05, 4.69) is 0 Å². The maximum Gasteiger partial charge on any atom is 0.295 e. The van der Waals surface area contributed by atoms with E-state index in [1.165, 1.54) is 0 Å². The second-order valence-electron chi connectivity index (χ2n) is 9.51. The lowest BCUT2D eigenvalue weighted by Crippen LogP contribution is -2.32. The van der Waals surface area contributed by atoms with Gasteiger partial charge in [-0.3, -0.25) is 9.59 Å². The van der Waals surface area contributed by atoms with Crippen LogP contribution in [0.3, 0.4) is 0 Å². The van der Waals surface area contributed by atoms with Crippen LogP contribution >= 0.6 is 0 Å². The molecule has 1 aliphatic heterocycles. The minimum Gasteiger partial charge on any atom is -0.507 e. The number of benzene rings is 3. The standard InChI is InChI=1S/C31H34N2O5/c1-4-19-37-25-15-9-12-23(21-25)29(34)27-28(33(31(36)30(27)35)18-10-17-32(2)3)22-11-8-16-26(20-22)38-24-13-6-5-7-14-24/h5-9,11-16,20-21,28,34H,4,10,17-19H2,1-3H3/b29-27+. The molecule has 0 radical (unpaired) electrons. The molecule has 1 saturated heterocycles. The zero-order chi connectivity index (χ0) is 27.1. The van der Waals surface area contributed by atoms with Crippen LogP contribution in [0.25, 0.3) is 5.76 Å². The average molecular weight is 515 g/mol. The molecule has 7 nitrogen and oxygen atoms in total. The predicted molar refractivity (Wildman–Crippen MR) is 147 cm³/mol. The molecule has 1 heterocycles. The third kappa shape index (κ3) is 6.23. The molecule has 7 heteroatoms. The molecular formula is C31H34N2O5. The highest BCUT2D eigenvalue weighted by Gasteiger charge is 2.46. The summed E-state index contributed by atoms with van der Waals surface area (Å²) in [5.41, 5.74) is 1.17. The van der Waals surface area contributed by atoms with Crippen LogP contribution in [0.4, 0.5) is 0 Å². The van der Waals surface area contributed by atoms with Crippen LogP contribution in [0.15, 0.2) is 84.4 Å². The van der Waals surface area contributed by atoms with Crippen molar-refractivity contribution in [1.82, 2.24) is 9.80 Å². The Morgan fingerprint density at radius 2 is 1.63 bits per heavy atom. The lowest BCUT2D eigenvalue weighted by Gasteiger charge is -2.26. The summed E-state index contributed by atoms with van der Waals surface area (Å²) in [6.45, 7) is 3.67. The monoisotopic (exact) mass is 514 g/mol. The van der Waals surface area contributed by atoms with Gasteiger partial charge in [0.15, 0.2) is 0 Å². The molecule has 1 atom stereocenters. The second-order valence-corrected chi connectivity index (χ2v) is 9.51. The van der Waals surface area contributed by atoms with Crippen LogP contribution in [0, 0.1) is 0 Å². The minimum atomic E-state index is -0.753. The van der Waals surface area contributed by atoms with E-state index in [9.17, 15) is 14.7 Å². The number of likely N-dealkylation sites (tertiary alicyclic amines) is 1. The molecule has 0 aliphatic carbocycles. The number of para-hydroxylation sites is 1. The van der Waals surface area contributed by atoms with Crippen molar-refractivity contribution in [2.75, 3.05) is 33.8 Å². The van der Waals surface area contributed by atoms with Crippen molar-refractivity contribution in [3.8, 4) is 17.2 Å². The predicted octanol–water partition coefficient (Wildman–Crippen LogP) is 5.64. The Kier molecular flexibility index (Phi) is 8.81. The van der Waals surface area contributed by atoms with Gasteiger partial charge in [-0.05, 0) is 75.4 Å².